The quantitative estimate of drug-likeness (QED) is 0.453. The molecule has 0 saturated carbocycles. The van der Waals surface area contributed by atoms with Gasteiger partial charge in [-0.2, -0.15) is 0 Å². The first-order chi connectivity index (χ1) is 8.83. The Labute approximate surface area is 114 Å². The number of carbonyl (C=O) groups excluding carboxylic acids is 2. The average molecular weight is 271 g/mol. The Morgan fingerprint density at radius 3 is 2.58 bits per heavy atom. The summed E-state index contributed by atoms with van der Waals surface area (Å²) >= 11 is 0. The first-order valence-corrected chi connectivity index (χ1v) is 6.82. The van der Waals surface area contributed by atoms with E-state index in [1.165, 1.54) is 0 Å². The van der Waals surface area contributed by atoms with Gasteiger partial charge in [-0.3, -0.25) is 10.2 Å². The molecule has 1 atom stereocenters. The Morgan fingerprint density at radius 2 is 2.00 bits per heavy atom. The van der Waals surface area contributed by atoms with Crippen molar-refractivity contribution in [3.63, 3.8) is 0 Å². The van der Waals surface area contributed by atoms with Crippen LogP contribution in [-0.2, 0) is 9.53 Å². The van der Waals surface area contributed by atoms with Crippen molar-refractivity contribution in [1.82, 2.24) is 10.3 Å². The number of nitrogens with zero attached hydrogens (tertiary/aromatic N) is 1. The molecule has 1 saturated heterocycles. The molecular weight excluding hydrogens is 246 g/mol. The van der Waals surface area contributed by atoms with Crippen molar-refractivity contribution < 1.29 is 14.3 Å². The Morgan fingerprint density at radius 1 is 1.32 bits per heavy atom. The summed E-state index contributed by atoms with van der Waals surface area (Å²) in [5.74, 6) is 4.87. The van der Waals surface area contributed by atoms with Crippen LogP contribution >= 0.6 is 0 Å². The number of nitrogens with two attached hydrogens (primary N) is 1. The van der Waals surface area contributed by atoms with Gasteiger partial charge >= 0.3 is 6.09 Å². The lowest BCUT2D eigenvalue weighted by molar-refractivity contribution is -0.122. The highest BCUT2D eigenvalue weighted by atomic mass is 16.6. The third-order valence-electron chi connectivity index (χ3n) is 3.09. The van der Waals surface area contributed by atoms with Gasteiger partial charge in [0.05, 0.1) is 0 Å². The zero-order chi connectivity index (χ0) is 14.5. The van der Waals surface area contributed by atoms with Gasteiger partial charge < -0.3 is 9.64 Å². The van der Waals surface area contributed by atoms with Crippen LogP contribution in [0.1, 0.15) is 52.9 Å². The smallest absolute Gasteiger partial charge is 0.410 e. The molecule has 3 N–H and O–H groups in total. The van der Waals surface area contributed by atoms with Crippen LogP contribution in [0.15, 0.2) is 0 Å². The molecule has 0 aliphatic carbocycles. The molecule has 110 valence electrons. The number of ether oxygens (including phenoxy) is 1. The van der Waals surface area contributed by atoms with Gasteiger partial charge in [0, 0.05) is 19.0 Å². The molecular formula is C13H25N3O3. The van der Waals surface area contributed by atoms with Crippen LogP contribution in [0, 0.1) is 0 Å². The highest BCUT2D eigenvalue weighted by Crippen LogP contribution is 2.22. The minimum Gasteiger partial charge on any atom is -0.444 e. The van der Waals surface area contributed by atoms with E-state index in [0.717, 1.165) is 25.7 Å². The summed E-state index contributed by atoms with van der Waals surface area (Å²) in [5, 5.41) is 0. The second-order valence-electron chi connectivity index (χ2n) is 5.95. The fraction of sp³-hybridized carbons (Fsp3) is 0.846. The maximum atomic E-state index is 12.2. The van der Waals surface area contributed by atoms with Crippen molar-refractivity contribution in [2.75, 3.05) is 6.54 Å². The van der Waals surface area contributed by atoms with Crippen LogP contribution in [0.4, 0.5) is 4.79 Å². The van der Waals surface area contributed by atoms with Gasteiger partial charge in [0.2, 0.25) is 5.91 Å². The summed E-state index contributed by atoms with van der Waals surface area (Å²) in [7, 11) is 0. The fourth-order valence-electron chi connectivity index (χ4n) is 2.22. The van der Waals surface area contributed by atoms with Crippen molar-refractivity contribution in [3.05, 3.63) is 0 Å². The number of hydrogen-bond acceptors (Lipinski definition) is 4. The van der Waals surface area contributed by atoms with E-state index in [9.17, 15) is 9.59 Å². The molecule has 1 unspecified atom stereocenters. The third-order valence-corrected chi connectivity index (χ3v) is 3.09. The van der Waals surface area contributed by atoms with Crippen LogP contribution in [0.2, 0.25) is 0 Å². The summed E-state index contributed by atoms with van der Waals surface area (Å²) in [6.07, 6.45) is 3.73. The first kappa shape index (κ1) is 15.8. The molecule has 6 heteroatoms. The van der Waals surface area contributed by atoms with Crippen molar-refractivity contribution >= 4 is 12.0 Å². The van der Waals surface area contributed by atoms with E-state index in [-0.39, 0.29) is 24.5 Å². The van der Waals surface area contributed by atoms with Crippen molar-refractivity contribution in [2.24, 2.45) is 5.84 Å². The number of rotatable bonds is 2. The van der Waals surface area contributed by atoms with Gasteiger partial charge in [-0.15, -0.1) is 0 Å². The molecule has 0 radical (unpaired) electrons. The highest BCUT2D eigenvalue weighted by Gasteiger charge is 2.30. The Balaban J connectivity index is 2.72. The van der Waals surface area contributed by atoms with Crippen molar-refractivity contribution in [3.8, 4) is 0 Å². The second kappa shape index (κ2) is 6.75. The standard InChI is InChI=1S/C13H25N3O3/c1-13(2,3)19-12(18)16-8-6-4-5-7-10(16)9-11(17)15-14/h10H,4-9,14H2,1-3H3,(H,15,17). The van der Waals surface area contributed by atoms with Gasteiger partial charge in [-0.1, -0.05) is 12.8 Å². The third kappa shape index (κ3) is 5.46. The summed E-state index contributed by atoms with van der Waals surface area (Å²) in [6.45, 7) is 6.15. The lowest BCUT2D eigenvalue weighted by Crippen LogP contribution is -2.45. The molecule has 1 heterocycles. The number of likely N-dealkylation sites (tertiary alicyclic amines) is 1. The molecule has 0 aromatic heterocycles. The van der Waals surface area contributed by atoms with Crippen molar-refractivity contribution in [2.45, 2.75) is 64.5 Å². The van der Waals surface area contributed by atoms with Crippen molar-refractivity contribution in [1.29, 1.82) is 0 Å². The van der Waals surface area contributed by atoms with Crippen LogP contribution in [-0.4, -0.2) is 35.1 Å². The molecule has 0 aromatic carbocycles. The first-order valence-electron chi connectivity index (χ1n) is 6.82. The number of hydrogen-bond donors (Lipinski definition) is 2. The van der Waals surface area contributed by atoms with E-state index in [4.69, 9.17) is 10.6 Å². The Hall–Kier alpha value is -1.30. The monoisotopic (exact) mass is 271 g/mol. The lowest BCUT2D eigenvalue weighted by Gasteiger charge is -2.31. The van der Waals surface area contributed by atoms with Gasteiger partial charge in [0.25, 0.3) is 0 Å². The van der Waals surface area contributed by atoms with Crippen LogP contribution in [0.5, 0.6) is 0 Å². The molecule has 1 fully saturated rings. The van der Waals surface area contributed by atoms with E-state index in [2.05, 4.69) is 5.43 Å². The molecule has 19 heavy (non-hydrogen) atoms. The minimum absolute atomic E-state index is 0.124. The number of hydrazine groups is 1. The van der Waals surface area contributed by atoms with Gasteiger partial charge in [0.1, 0.15) is 5.60 Å². The zero-order valence-electron chi connectivity index (χ0n) is 12.1. The maximum Gasteiger partial charge on any atom is 0.410 e. The second-order valence-corrected chi connectivity index (χ2v) is 5.95. The predicted molar refractivity (Wildman–Crippen MR) is 72.1 cm³/mol. The highest BCUT2D eigenvalue weighted by molar-refractivity contribution is 5.77. The maximum absolute atomic E-state index is 12.2. The van der Waals surface area contributed by atoms with Gasteiger partial charge in [0.15, 0.2) is 0 Å². The molecule has 0 spiro atoms. The molecule has 6 nitrogen and oxygen atoms in total. The molecule has 0 bridgehead atoms. The van der Waals surface area contributed by atoms with E-state index in [1.807, 2.05) is 20.8 Å². The van der Waals surface area contributed by atoms with Crippen LogP contribution in [0.3, 0.4) is 0 Å². The molecule has 0 aromatic rings. The summed E-state index contributed by atoms with van der Waals surface area (Å²) in [6, 6.07) is -0.124. The zero-order valence-corrected chi connectivity index (χ0v) is 12.1. The largest absolute Gasteiger partial charge is 0.444 e. The average Bonchev–Trinajstić information content (AvgIpc) is 2.52. The summed E-state index contributed by atoms with van der Waals surface area (Å²) < 4.78 is 5.40. The molecule has 1 rings (SSSR count). The molecule has 2 amide bonds. The number of nitrogens with one attached hydrogen (secondary N) is 1. The van der Waals surface area contributed by atoms with Gasteiger partial charge in [-0.05, 0) is 33.6 Å². The summed E-state index contributed by atoms with van der Waals surface area (Å²) in [4.78, 5) is 25.3. The summed E-state index contributed by atoms with van der Waals surface area (Å²) in [5.41, 5.74) is 1.60. The number of carbonyl (C=O) groups is 2. The SMILES string of the molecule is CC(C)(C)OC(=O)N1CCCCCC1CC(=O)NN. The Bertz CT molecular complexity index is 326. The van der Waals surface area contributed by atoms with E-state index in [1.54, 1.807) is 4.90 Å². The predicted octanol–water partition coefficient (Wildman–Crippen LogP) is 1.55. The molecule has 1 aliphatic rings. The number of amides is 2. The minimum atomic E-state index is -0.524. The van der Waals surface area contributed by atoms with Gasteiger partial charge in [-0.25, -0.2) is 10.6 Å². The topological polar surface area (TPSA) is 84.7 Å². The van der Waals surface area contributed by atoms with E-state index in [0.29, 0.717) is 6.54 Å². The van der Waals surface area contributed by atoms with Crippen LogP contribution < -0.4 is 11.3 Å². The van der Waals surface area contributed by atoms with Crippen LogP contribution in [0.25, 0.3) is 0 Å². The molecule has 1 aliphatic heterocycles. The normalized spacial score (nSPS) is 20.6. The fourth-order valence-corrected chi connectivity index (χ4v) is 2.22. The van der Waals surface area contributed by atoms with E-state index >= 15 is 0 Å². The lowest BCUT2D eigenvalue weighted by atomic mass is 10.1. The Kier molecular flexibility index (Phi) is 5.60. The van der Waals surface area contributed by atoms with E-state index < -0.39 is 5.60 Å².